The lowest BCUT2D eigenvalue weighted by atomic mass is 9.99. The third-order valence-corrected chi connectivity index (χ3v) is 6.33. The van der Waals surface area contributed by atoms with Crippen LogP contribution in [-0.2, 0) is 4.79 Å². The van der Waals surface area contributed by atoms with E-state index in [1.165, 1.54) is 12.8 Å². The molecule has 3 aromatic carbocycles. The molecule has 5 rings (SSSR count). The molecule has 0 saturated carbocycles. The second kappa shape index (κ2) is 9.91. The Morgan fingerprint density at radius 3 is 2.47 bits per heavy atom. The number of aromatic nitrogens is 2. The Bertz CT molecular complexity index is 1260. The van der Waals surface area contributed by atoms with E-state index in [-0.39, 0.29) is 12.5 Å². The largest absolute Gasteiger partial charge is 0.483 e. The SMILES string of the molecule is CC1CCN(c2ccc(-c3ccc(NC(=O)COc4cccc5ccccc45)cc3)nn2)CC1. The quantitative estimate of drug-likeness (QED) is 0.415. The molecule has 0 spiro atoms. The molecule has 0 unspecified atom stereocenters. The first-order chi connectivity index (χ1) is 16.7. The van der Waals surface area contributed by atoms with Gasteiger partial charge in [-0.2, -0.15) is 0 Å². The molecule has 4 aromatic rings. The summed E-state index contributed by atoms with van der Waals surface area (Å²) < 4.78 is 5.78. The zero-order valence-electron chi connectivity index (χ0n) is 19.3. The van der Waals surface area contributed by atoms with E-state index in [4.69, 9.17) is 4.74 Å². The molecule has 34 heavy (non-hydrogen) atoms. The lowest BCUT2D eigenvalue weighted by Crippen LogP contribution is -2.33. The van der Waals surface area contributed by atoms with Crippen molar-refractivity contribution in [1.29, 1.82) is 0 Å². The van der Waals surface area contributed by atoms with Crippen molar-refractivity contribution in [2.24, 2.45) is 5.92 Å². The molecule has 1 aliphatic heterocycles. The van der Waals surface area contributed by atoms with Gasteiger partial charge in [-0.05, 0) is 54.5 Å². The number of piperidine rings is 1. The fraction of sp³-hybridized carbons (Fsp3) is 0.250. The fourth-order valence-corrected chi connectivity index (χ4v) is 4.27. The summed E-state index contributed by atoms with van der Waals surface area (Å²) >= 11 is 0. The monoisotopic (exact) mass is 452 g/mol. The molecule has 6 nitrogen and oxygen atoms in total. The highest BCUT2D eigenvalue weighted by molar-refractivity contribution is 5.93. The van der Waals surface area contributed by atoms with Crippen molar-refractivity contribution in [3.8, 4) is 17.0 Å². The van der Waals surface area contributed by atoms with E-state index in [2.05, 4.69) is 27.3 Å². The van der Waals surface area contributed by atoms with Crippen LogP contribution in [0.1, 0.15) is 19.8 Å². The van der Waals surface area contributed by atoms with Crippen LogP contribution in [0.2, 0.25) is 0 Å². The van der Waals surface area contributed by atoms with Gasteiger partial charge in [0.05, 0.1) is 5.69 Å². The average Bonchev–Trinajstić information content (AvgIpc) is 2.88. The first-order valence-corrected chi connectivity index (χ1v) is 11.8. The van der Waals surface area contributed by atoms with Gasteiger partial charge in [0.1, 0.15) is 5.75 Å². The summed E-state index contributed by atoms with van der Waals surface area (Å²) in [6.45, 7) is 4.32. The number of carbonyl (C=O) groups is 1. The zero-order valence-corrected chi connectivity index (χ0v) is 19.3. The lowest BCUT2D eigenvalue weighted by Gasteiger charge is -2.30. The molecule has 0 aliphatic carbocycles. The maximum Gasteiger partial charge on any atom is 0.262 e. The van der Waals surface area contributed by atoms with E-state index in [1.807, 2.05) is 78.9 Å². The van der Waals surface area contributed by atoms with Gasteiger partial charge in [-0.3, -0.25) is 4.79 Å². The minimum Gasteiger partial charge on any atom is -0.483 e. The van der Waals surface area contributed by atoms with Crippen LogP contribution in [0.5, 0.6) is 5.75 Å². The first-order valence-electron chi connectivity index (χ1n) is 11.8. The average molecular weight is 453 g/mol. The molecule has 0 bridgehead atoms. The molecular formula is C28H28N4O2. The Balaban J connectivity index is 1.17. The Morgan fingerprint density at radius 1 is 0.941 bits per heavy atom. The van der Waals surface area contributed by atoms with Crippen molar-refractivity contribution in [1.82, 2.24) is 10.2 Å². The van der Waals surface area contributed by atoms with Gasteiger partial charge < -0.3 is 15.0 Å². The van der Waals surface area contributed by atoms with E-state index < -0.39 is 0 Å². The number of hydrogen-bond donors (Lipinski definition) is 1. The Labute approximate surface area is 199 Å². The van der Waals surface area contributed by atoms with Crippen molar-refractivity contribution in [3.05, 3.63) is 78.9 Å². The van der Waals surface area contributed by atoms with Gasteiger partial charge in [-0.25, -0.2) is 0 Å². The standard InChI is InChI=1S/C28H28N4O2/c1-20-15-17-32(18-16-20)27-14-13-25(30-31-27)22-9-11-23(12-10-22)29-28(33)19-34-26-8-4-6-21-5-2-3-7-24(21)26/h2-14,20H,15-19H2,1H3,(H,29,33). The Morgan fingerprint density at radius 2 is 1.71 bits per heavy atom. The molecule has 2 heterocycles. The maximum atomic E-state index is 12.4. The molecule has 1 fully saturated rings. The van der Waals surface area contributed by atoms with Gasteiger partial charge in [0.2, 0.25) is 0 Å². The van der Waals surface area contributed by atoms with Crippen molar-refractivity contribution < 1.29 is 9.53 Å². The molecule has 1 N–H and O–H groups in total. The Kier molecular flexibility index (Phi) is 6.38. The highest BCUT2D eigenvalue weighted by Crippen LogP contribution is 2.26. The second-order valence-corrected chi connectivity index (χ2v) is 8.84. The summed E-state index contributed by atoms with van der Waals surface area (Å²) in [6, 6.07) is 25.4. The predicted octanol–water partition coefficient (Wildman–Crippen LogP) is 5.55. The minimum atomic E-state index is -0.208. The van der Waals surface area contributed by atoms with Gasteiger partial charge in [-0.1, -0.05) is 55.5 Å². The van der Waals surface area contributed by atoms with Crippen molar-refractivity contribution in [2.45, 2.75) is 19.8 Å². The van der Waals surface area contributed by atoms with E-state index in [1.54, 1.807) is 0 Å². The Hall–Kier alpha value is -3.93. The second-order valence-electron chi connectivity index (χ2n) is 8.84. The van der Waals surface area contributed by atoms with Gasteiger partial charge in [-0.15, -0.1) is 10.2 Å². The van der Waals surface area contributed by atoms with E-state index >= 15 is 0 Å². The van der Waals surface area contributed by atoms with Crippen molar-refractivity contribution in [3.63, 3.8) is 0 Å². The third-order valence-electron chi connectivity index (χ3n) is 6.33. The van der Waals surface area contributed by atoms with Crippen molar-refractivity contribution >= 4 is 28.2 Å². The highest BCUT2D eigenvalue weighted by atomic mass is 16.5. The normalized spacial score (nSPS) is 14.2. The van der Waals surface area contributed by atoms with Gasteiger partial charge in [0, 0.05) is 29.7 Å². The molecule has 1 saturated heterocycles. The summed E-state index contributed by atoms with van der Waals surface area (Å²) in [5.74, 6) is 2.21. The maximum absolute atomic E-state index is 12.4. The van der Waals surface area contributed by atoms with E-state index in [0.717, 1.165) is 46.9 Å². The number of nitrogens with zero attached hydrogens (tertiary/aromatic N) is 3. The summed E-state index contributed by atoms with van der Waals surface area (Å²) in [7, 11) is 0. The third kappa shape index (κ3) is 5.01. The van der Waals surface area contributed by atoms with E-state index in [9.17, 15) is 4.79 Å². The smallest absolute Gasteiger partial charge is 0.262 e. The number of amides is 1. The molecule has 0 atom stereocenters. The molecule has 1 aliphatic rings. The van der Waals surface area contributed by atoms with Crippen LogP contribution >= 0.6 is 0 Å². The summed E-state index contributed by atoms with van der Waals surface area (Å²) in [6.07, 6.45) is 2.40. The van der Waals surface area contributed by atoms with E-state index in [0.29, 0.717) is 11.4 Å². The van der Waals surface area contributed by atoms with Gasteiger partial charge in [0.25, 0.3) is 5.91 Å². The molecule has 172 valence electrons. The number of hydrogen-bond acceptors (Lipinski definition) is 5. The molecule has 6 heteroatoms. The predicted molar refractivity (Wildman–Crippen MR) is 136 cm³/mol. The van der Waals surface area contributed by atoms with Crippen LogP contribution in [0.3, 0.4) is 0 Å². The summed E-state index contributed by atoms with van der Waals surface area (Å²) in [5.41, 5.74) is 2.48. The molecule has 1 amide bonds. The summed E-state index contributed by atoms with van der Waals surface area (Å²) in [4.78, 5) is 14.7. The van der Waals surface area contributed by atoms with Gasteiger partial charge >= 0.3 is 0 Å². The van der Waals surface area contributed by atoms with Crippen LogP contribution in [0.15, 0.2) is 78.9 Å². The van der Waals surface area contributed by atoms with Crippen LogP contribution in [0.4, 0.5) is 11.5 Å². The number of fused-ring (bicyclic) bond motifs is 1. The topological polar surface area (TPSA) is 67.4 Å². The van der Waals surface area contributed by atoms with Crippen LogP contribution in [0, 0.1) is 5.92 Å². The van der Waals surface area contributed by atoms with Crippen LogP contribution < -0.4 is 15.0 Å². The minimum absolute atomic E-state index is 0.0576. The van der Waals surface area contributed by atoms with Crippen LogP contribution in [-0.4, -0.2) is 35.8 Å². The number of anilines is 2. The fourth-order valence-electron chi connectivity index (χ4n) is 4.27. The molecular weight excluding hydrogens is 424 g/mol. The number of rotatable bonds is 6. The highest BCUT2D eigenvalue weighted by Gasteiger charge is 2.17. The first kappa shape index (κ1) is 21.9. The molecule has 0 radical (unpaired) electrons. The number of benzene rings is 3. The zero-order chi connectivity index (χ0) is 23.3. The number of ether oxygens (including phenoxy) is 1. The summed E-state index contributed by atoms with van der Waals surface area (Å²) in [5, 5.41) is 13.8. The van der Waals surface area contributed by atoms with Gasteiger partial charge in [0.15, 0.2) is 12.4 Å². The van der Waals surface area contributed by atoms with Crippen molar-refractivity contribution in [2.75, 3.05) is 29.9 Å². The number of nitrogens with one attached hydrogen (secondary N) is 1. The van der Waals surface area contributed by atoms with Crippen LogP contribution in [0.25, 0.3) is 22.0 Å². The molecule has 1 aromatic heterocycles. The number of carbonyl (C=O) groups excluding carboxylic acids is 1. The lowest BCUT2D eigenvalue weighted by molar-refractivity contribution is -0.118.